The van der Waals surface area contributed by atoms with E-state index in [1.807, 2.05) is 0 Å². The number of ether oxygens (including phenoxy) is 2. The van der Waals surface area contributed by atoms with Gasteiger partial charge < -0.3 is 14.8 Å². The minimum atomic E-state index is -0.491. The van der Waals surface area contributed by atoms with Gasteiger partial charge in [0.2, 0.25) is 0 Å². The van der Waals surface area contributed by atoms with Gasteiger partial charge in [-0.2, -0.15) is 0 Å². The van der Waals surface area contributed by atoms with Crippen LogP contribution in [0.25, 0.3) is 0 Å². The van der Waals surface area contributed by atoms with Gasteiger partial charge in [0.1, 0.15) is 5.82 Å². The molecule has 18 heavy (non-hydrogen) atoms. The van der Waals surface area contributed by atoms with Crippen molar-refractivity contribution < 1.29 is 14.3 Å². The first-order valence-electron chi connectivity index (χ1n) is 5.91. The van der Waals surface area contributed by atoms with E-state index in [2.05, 4.69) is 26.9 Å². The molecule has 1 aliphatic rings. The average molecular weight is 251 g/mol. The first kappa shape index (κ1) is 12.8. The molecular formula is C12H17N3O3. The van der Waals surface area contributed by atoms with E-state index in [4.69, 9.17) is 4.74 Å². The van der Waals surface area contributed by atoms with Crippen LogP contribution in [0.1, 0.15) is 30.3 Å². The minimum Gasteiger partial charge on any atom is -0.464 e. The highest BCUT2D eigenvalue weighted by atomic mass is 16.5. The Labute approximate surface area is 106 Å². The number of aromatic nitrogens is 2. The number of carbonyl (C=O) groups is 1. The fraction of sp³-hybridized carbons (Fsp3) is 0.583. The lowest BCUT2D eigenvalue weighted by atomic mass is 10.0. The van der Waals surface area contributed by atoms with Gasteiger partial charge >= 0.3 is 5.97 Å². The summed E-state index contributed by atoms with van der Waals surface area (Å²) in [6.45, 7) is 3.50. The molecule has 0 aromatic carbocycles. The van der Waals surface area contributed by atoms with E-state index >= 15 is 0 Å². The predicted octanol–water partition coefficient (Wildman–Crippen LogP) is 1.24. The van der Waals surface area contributed by atoms with Gasteiger partial charge in [0, 0.05) is 13.2 Å². The van der Waals surface area contributed by atoms with Crippen LogP contribution in [0.5, 0.6) is 0 Å². The molecule has 0 radical (unpaired) electrons. The van der Waals surface area contributed by atoms with Crippen LogP contribution in [0.4, 0.5) is 5.82 Å². The first-order chi connectivity index (χ1) is 8.63. The topological polar surface area (TPSA) is 73.3 Å². The fourth-order valence-corrected chi connectivity index (χ4v) is 1.91. The van der Waals surface area contributed by atoms with E-state index in [0.717, 1.165) is 19.4 Å². The van der Waals surface area contributed by atoms with Crippen molar-refractivity contribution in [2.24, 2.45) is 0 Å². The smallest absolute Gasteiger partial charge is 0.358 e. The number of hydrogen-bond acceptors (Lipinski definition) is 6. The Balaban J connectivity index is 1.99. The molecular weight excluding hydrogens is 234 g/mol. The Morgan fingerprint density at radius 1 is 1.61 bits per heavy atom. The summed E-state index contributed by atoms with van der Waals surface area (Å²) in [6, 6.07) is 0. The van der Waals surface area contributed by atoms with Crippen LogP contribution in [-0.2, 0) is 9.47 Å². The van der Waals surface area contributed by atoms with E-state index in [0.29, 0.717) is 12.4 Å². The second-order valence-corrected chi connectivity index (χ2v) is 4.54. The number of anilines is 1. The minimum absolute atomic E-state index is 0.164. The number of nitrogens with zero attached hydrogens (tertiary/aromatic N) is 2. The Morgan fingerprint density at radius 2 is 2.44 bits per heavy atom. The molecule has 0 bridgehead atoms. The second kappa shape index (κ2) is 5.30. The normalized spacial score (nSPS) is 22.8. The molecule has 1 aliphatic heterocycles. The lowest BCUT2D eigenvalue weighted by molar-refractivity contribution is 0.0314. The summed E-state index contributed by atoms with van der Waals surface area (Å²) in [5, 5.41) is 3.14. The number of hydrogen-bond donors (Lipinski definition) is 1. The third-order valence-electron chi connectivity index (χ3n) is 2.97. The Bertz CT molecular complexity index is 430. The fourth-order valence-electron chi connectivity index (χ4n) is 1.91. The quantitative estimate of drug-likeness (QED) is 0.812. The zero-order chi connectivity index (χ0) is 13.0. The number of carbonyl (C=O) groups excluding carboxylic acids is 1. The number of rotatable bonds is 4. The van der Waals surface area contributed by atoms with Crippen LogP contribution in [-0.4, -0.2) is 41.8 Å². The molecule has 1 N–H and O–H groups in total. The van der Waals surface area contributed by atoms with E-state index in [-0.39, 0.29) is 11.3 Å². The molecule has 0 aliphatic carbocycles. The molecule has 1 fully saturated rings. The van der Waals surface area contributed by atoms with Crippen molar-refractivity contribution in [1.29, 1.82) is 0 Å². The number of methoxy groups -OCH3 is 1. The third-order valence-corrected chi connectivity index (χ3v) is 2.97. The van der Waals surface area contributed by atoms with Crippen LogP contribution >= 0.6 is 0 Å². The Kier molecular flexibility index (Phi) is 3.76. The Hall–Kier alpha value is -1.69. The molecule has 98 valence electrons. The molecule has 1 atom stereocenters. The van der Waals surface area contributed by atoms with Crippen molar-refractivity contribution in [2.75, 3.05) is 25.6 Å². The highest BCUT2D eigenvalue weighted by Gasteiger charge is 2.29. The van der Waals surface area contributed by atoms with Gasteiger partial charge in [-0.25, -0.2) is 9.78 Å². The molecule has 0 saturated carbocycles. The van der Waals surface area contributed by atoms with Crippen molar-refractivity contribution >= 4 is 11.8 Å². The summed E-state index contributed by atoms with van der Waals surface area (Å²) in [7, 11) is 1.32. The van der Waals surface area contributed by atoms with Gasteiger partial charge in [-0.05, 0) is 19.8 Å². The molecule has 2 heterocycles. The maximum Gasteiger partial charge on any atom is 0.358 e. The van der Waals surface area contributed by atoms with Crippen molar-refractivity contribution in [3.05, 3.63) is 18.1 Å². The van der Waals surface area contributed by atoms with Crippen molar-refractivity contribution in [1.82, 2.24) is 9.97 Å². The van der Waals surface area contributed by atoms with Gasteiger partial charge in [-0.1, -0.05) is 0 Å². The van der Waals surface area contributed by atoms with E-state index in [1.54, 1.807) is 6.20 Å². The zero-order valence-electron chi connectivity index (χ0n) is 10.6. The lowest BCUT2D eigenvalue weighted by Crippen LogP contribution is -2.32. The summed E-state index contributed by atoms with van der Waals surface area (Å²) in [5.41, 5.74) is 0.0307. The van der Waals surface area contributed by atoms with Crippen LogP contribution in [0.3, 0.4) is 0 Å². The number of esters is 1. The molecule has 0 amide bonds. The largest absolute Gasteiger partial charge is 0.464 e. The van der Waals surface area contributed by atoms with E-state index in [1.165, 1.54) is 13.3 Å². The molecule has 6 nitrogen and oxygen atoms in total. The van der Waals surface area contributed by atoms with Crippen molar-refractivity contribution in [3.8, 4) is 0 Å². The van der Waals surface area contributed by atoms with Gasteiger partial charge in [0.25, 0.3) is 0 Å². The van der Waals surface area contributed by atoms with Crippen molar-refractivity contribution in [2.45, 2.75) is 25.4 Å². The zero-order valence-corrected chi connectivity index (χ0v) is 10.6. The first-order valence-corrected chi connectivity index (χ1v) is 5.91. The highest BCUT2D eigenvalue weighted by molar-refractivity contribution is 5.87. The molecule has 0 spiro atoms. The maximum atomic E-state index is 11.3. The highest BCUT2D eigenvalue weighted by Crippen LogP contribution is 2.24. The summed E-state index contributed by atoms with van der Waals surface area (Å²) in [6.07, 6.45) is 5.05. The molecule has 6 heteroatoms. The Morgan fingerprint density at radius 3 is 3.11 bits per heavy atom. The third kappa shape index (κ3) is 2.95. The van der Waals surface area contributed by atoms with E-state index < -0.39 is 5.97 Å². The molecule has 1 unspecified atom stereocenters. The van der Waals surface area contributed by atoms with Gasteiger partial charge in [-0.15, -0.1) is 0 Å². The lowest BCUT2D eigenvalue weighted by Gasteiger charge is -2.23. The van der Waals surface area contributed by atoms with Gasteiger partial charge in [-0.3, -0.25) is 4.98 Å². The predicted molar refractivity (Wildman–Crippen MR) is 65.5 cm³/mol. The van der Waals surface area contributed by atoms with Crippen LogP contribution < -0.4 is 5.32 Å². The summed E-state index contributed by atoms with van der Waals surface area (Å²) in [5.74, 6) is 0.0594. The monoisotopic (exact) mass is 251 g/mol. The van der Waals surface area contributed by atoms with Gasteiger partial charge in [0.05, 0.1) is 25.1 Å². The summed E-state index contributed by atoms with van der Waals surface area (Å²) in [4.78, 5) is 19.4. The van der Waals surface area contributed by atoms with Crippen LogP contribution in [0, 0.1) is 0 Å². The average Bonchev–Trinajstić information content (AvgIpc) is 2.83. The standard InChI is InChI=1S/C12H17N3O3/c1-12(4-3-5-18-12)8-14-10-7-13-6-9(15-10)11(16)17-2/h6-7H,3-5,8H2,1-2H3,(H,14,15). The molecule has 1 aromatic heterocycles. The van der Waals surface area contributed by atoms with Crippen LogP contribution in [0.15, 0.2) is 12.4 Å². The number of nitrogens with one attached hydrogen (secondary N) is 1. The molecule has 1 aromatic rings. The second-order valence-electron chi connectivity index (χ2n) is 4.54. The summed E-state index contributed by atoms with van der Waals surface area (Å²) >= 11 is 0. The van der Waals surface area contributed by atoms with E-state index in [9.17, 15) is 4.79 Å². The molecule has 1 saturated heterocycles. The molecule has 2 rings (SSSR count). The SMILES string of the molecule is COC(=O)c1cncc(NCC2(C)CCCO2)n1. The van der Waals surface area contributed by atoms with Crippen molar-refractivity contribution in [3.63, 3.8) is 0 Å². The maximum absolute atomic E-state index is 11.3. The van der Waals surface area contributed by atoms with Gasteiger partial charge in [0.15, 0.2) is 5.69 Å². The summed E-state index contributed by atoms with van der Waals surface area (Å²) < 4.78 is 10.3. The van der Waals surface area contributed by atoms with Crippen LogP contribution in [0.2, 0.25) is 0 Å².